The Balaban J connectivity index is 1.33. The lowest BCUT2D eigenvalue weighted by molar-refractivity contribution is -0.116. The molecule has 0 aliphatic rings. The van der Waals surface area contributed by atoms with Gasteiger partial charge < -0.3 is 5.32 Å². The third kappa shape index (κ3) is 5.49. The first kappa shape index (κ1) is 21.9. The van der Waals surface area contributed by atoms with E-state index < -0.39 is 0 Å². The van der Waals surface area contributed by atoms with Gasteiger partial charge >= 0.3 is 0 Å². The summed E-state index contributed by atoms with van der Waals surface area (Å²) >= 11 is 7.53. The molecule has 0 aliphatic carbocycles. The number of hydrogen-bond donors (Lipinski definition) is 1. The molecule has 1 heterocycles. The number of benzene rings is 3. The van der Waals surface area contributed by atoms with Gasteiger partial charge in [0.05, 0.1) is 5.69 Å². The Hall–Kier alpha value is -3.28. The summed E-state index contributed by atoms with van der Waals surface area (Å²) in [5, 5.41) is 6.48. The van der Waals surface area contributed by atoms with E-state index in [1.165, 1.54) is 0 Å². The molecule has 0 unspecified atom stereocenters. The molecule has 0 aliphatic heterocycles. The predicted molar refractivity (Wildman–Crippen MR) is 131 cm³/mol. The minimum atomic E-state index is -0.183. The second-order valence-corrected chi connectivity index (χ2v) is 8.75. The fraction of sp³-hybridized carbons (Fsp3) is 0.115. The lowest BCUT2D eigenvalue weighted by Gasteiger charge is -2.06. The van der Waals surface area contributed by atoms with Gasteiger partial charge in [0.1, 0.15) is 5.01 Å². The highest BCUT2D eigenvalue weighted by Crippen LogP contribution is 2.30. The zero-order valence-electron chi connectivity index (χ0n) is 17.5. The third-order valence-corrected chi connectivity index (χ3v) is 6.16. The van der Waals surface area contributed by atoms with Crippen LogP contribution in [-0.2, 0) is 4.79 Å². The van der Waals surface area contributed by atoms with Crippen LogP contribution in [0, 0.1) is 6.92 Å². The van der Waals surface area contributed by atoms with Crippen molar-refractivity contribution in [1.29, 1.82) is 0 Å². The van der Waals surface area contributed by atoms with Gasteiger partial charge in [-0.2, -0.15) is 0 Å². The van der Waals surface area contributed by atoms with Crippen LogP contribution >= 0.6 is 22.9 Å². The Morgan fingerprint density at radius 1 is 0.875 bits per heavy atom. The Labute approximate surface area is 195 Å². The molecule has 0 bridgehead atoms. The average Bonchev–Trinajstić information content (AvgIpc) is 3.29. The summed E-state index contributed by atoms with van der Waals surface area (Å²) in [6.45, 7) is 1.97. The first-order chi connectivity index (χ1) is 15.5. The summed E-state index contributed by atoms with van der Waals surface area (Å²) in [6.07, 6.45) is 0.324. The van der Waals surface area contributed by atoms with E-state index in [-0.39, 0.29) is 24.5 Å². The number of nitrogens with zero attached hydrogens (tertiary/aromatic N) is 1. The van der Waals surface area contributed by atoms with Crippen LogP contribution in [0.3, 0.4) is 0 Å². The number of amides is 1. The third-order valence-electron chi connectivity index (χ3n) is 5.01. The molecule has 6 heteroatoms. The highest BCUT2D eigenvalue weighted by Gasteiger charge is 2.11. The predicted octanol–water partition coefficient (Wildman–Crippen LogP) is 7.04. The number of carbonyl (C=O) groups excluding carboxylic acids is 2. The van der Waals surface area contributed by atoms with Crippen molar-refractivity contribution in [3.8, 4) is 21.8 Å². The highest BCUT2D eigenvalue weighted by molar-refractivity contribution is 7.13. The molecule has 0 spiro atoms. The molecule has 0 saturated heterocycles. The van der Waals surface area contributed by atoms with Crippen LogP contribution in [0.15, 0.2) is 78.2 Å². The van der Waals surface area contributed by atoms with Crippen molar-refractivity contribution in [3.05, 3.63) is 94.3 Å². The number of aryl methyl sites for hydroxylation is 1. The Morgan fingerprint density at radius 2 is 1.53 bits per heavy atom. The SMILES string of the molecule is Cc1ccc(C(=O)CCC(=O)Nc2ccc(-c3csc(-c4ccc(Cl)cc4)n3)cc2)cc1. The molecule has 1 aromatic heterocycles. The molecule has 0 fully saturated rings. The van der Waals surface area contributed by atoms with Crippen LogP contribution in [0.4, 0.5) is 5.69 Å². The van der Waals surface area contributed by atoms with E-state index in [1.807, 2.05) is 73.0 Å². The van der Waals surface area contributed by atoms with Gasteiger partial charge in [-0.05, 0) is 31.2 Å². The largest absolute Gasteiger partial charge is 0.326 e. The zero-order valence-corrected chi connectivity index (χ0v) is 19.0. The maximum atomic E-state index is 12.3. The van der Waals surface area contributed by atoms with Crippen molar-refractivity contribution >= 4 is 40.3 Å². The summed E-state index contributed by atoms with van der Waals surface area (Å²) in [6, 6.07) is 22.5. The number of rotatable bonds is 7. The van der Waals surface area contributed by atoms with Crippen LogP contribution in [0.5, 0.6) is 0 Å². The molecule has 160 valence electrons. The van der Waals surface area contributed by atoms with Crippen molar-refractivity contribution < 1.29 is 9.59 Å². The van der Waals surface area contributed by atoms with Crippen LogP contribution in [0.2, 0.25) is 5.02 Å². The molecule has 0 radical (unpaired) electrons. The summed E-state index contributed by atoms with van der Waals surface area (Å²) in [7, 11) is 0. The van der Waals surface area contributed by atoms with Crippen molar-refractivity contribution in [1.82, 2.24) is 4.98 Å². The molecule has 1 amide bonds. The smallest absolute Gasteiger partial charge is 0.224 e. The van der Waals surface area contributed by atoms with Crippen molar-refractivity contribution in [2.75, 3.05) is 5.32 Å². The maximum absolute atomic E-state index is 12.3. The average molecular weight is 461 g/mol. The van der Waals surface area contributed by atoms with Crippen molar-refractivity contribution in [3.63, 3.8) is 0 Å². The van der Waals surface area contributed by atoms with Gasteiger partial charge in [0.15, 0.2) is 5.78 Å². The lowest BCUT2D eigenvalue weighted by Crippen LogP contribution is -2.13. The number of anilines is 1. The Morgan fingerprint density at radius 3 is 2.22 bits per heavy atom. The fourth-order valence-electron chi connectivity index (χ4n) is 3.19. The van der Waals surface area contributed by atoms with E-state index in [1.54, 1.807) is 23.5 Å². The summed E-state index contributed by atoms with van der Waals surface area (Å²) in [4.78, 5) is 29.2. The number of nitrogens with one attached hydrogen (secondary N) is 1. The van der Waals surface area contributed by atoms with Gasteiger partial charge in [-0.25, -0.2) is 4.98 Å². The standard InChI is InChI=1S/C26H21ClN2O2S/c1-17-2-4-19(5-3-17)24(30)14-15-25(31)28-22-12-8-18(9-13-22)23-16-32-26(29-23)20-6-10-21(27)11-7-20/h2-13,16H,14-15H2,1H3,(H,28,31). The molecule has 0 atom stereocenters. The maximum Gasteiger partial charge on any atom is 0.224 e. The zero-order chi connectivity index (χ0) is 22.5. The highest BCUT2D eigenvalue weighted by atomic mass is 35.5. The second kappa shape index (κ2) is 9.90. The number of thiazole rings is 1. The minimum absolute atomic E-state index is 0.0319. The van der Waals surface area contributed by atoms with Crippen molar-refractivity contribution in [2.24, 2.45) is 0 Å². The normalized spacial score (nSPS) is 10.7. The molecule has 1 N–H and O–H groups in total. The molecule has 4 rings (SSSR count). The van der Waals surface area contributed by atoms with Gasteiger partial charge in [0, 0.05) is 45.6 Å². The summed E-state index contributed by atoms with van der Waals surface area (Å²) < 4.78 is 0. The lowest BCUT2D eigenvalue weighted by atomic mass is 10.0. The van der Waals surface area contributed by atoms with E-state index in [2.05, 4.69) is 5.32 Å². The number of carbonyl (C=O) groups is 2. The van der Waals surface area contributed by atoms with Crippen LogP contribution in [-0.4, -0.2) is 16.7 Å². The molecular weight excluding hydrogens is 440 g/mol. The van der Waals surface area contributed by atoms with Gasteiger partial charge in [-0.1, -0.05) is 65.7 Å². The summed E-state index contributed by atoms with van der Waals surface area (Å²) in [5.41, 5.74) is 5.29. The fourth-order valence-corrected chi connectivity index (χ4v) is 4.15. The van der Waals surface area contributed by atoms with E-state index in [0.717, 1.165) is 27.4 Å². The number of hydrogen-bond acceptors (Lipinski definition) is 4. The van der Waals surface area contributed by atoms with Crippen LogP contribution in [0.1, 0.15) is 28.8 Å². The molecule has 4 aromatic rings. The molecule has 3 aromatic carbocycles. The minimum Gasteiger partial charge on any atom is -0.326 e. The van der Waals surface area contributed by atoms with E-state index in [9.17, 15) is 9.59 Å². The monoisotopic (exact) mass is 460 g/mol. The number of ketones is 1. The molecule has 0 saturated carbocycles. The first-order valence-electron chi connectivity index (χ1n) is 10.2. The molecule has 4 nitrogen and oxygen atoms in total. The van der Waals surface area contributed by atoms with Crippen molar-refractivity contribution in [2.45, 2.75) is 19.8 Å². The van der Waals surface area contributed by atoms with Gasteiger partial charge in [-0.3, -0.25) is 9.59 Å². The first-order valence-corrected chi connectivity index (χ1v) is 11.5. The van der Waals surface area contributed by atoms with Gasteiger partial charge in [0.25, 0.3) is 0 Å². The number of Topliss-reactive ketones (excluding diaryl/α,β-unsaturated/α-hetero) is 1. The quantitative estimate of drug-likeness (QED) is 0.301. The van der Waals surface area contributed by atoms with Gasteiger partial charge in [-0.15, -0.1) is 11.3 Å². The van der Waals surface area contributed by atoms with Gasteiger partial charge in [0.2, 0.25) is 5.91 Å². The van der Waals surface area contributed by atoms with Crippen LogP contribution in [0.25, 0.3) is 21.8 Å². The molecule has 32 heavy (non-hydrogen) atoms. The second-order valence-electron chi connectivity index (χ2n) is 7.46. The number of halogens is 1. The van der Waals surface area contributed by atoms with E-state index in [4.69, 9.17) is 16.6 Å². The Bertz CT molecular complexity index is 1230. The molecular formula is C26H21ClN2O2S. The van der Waals surface area contributed by atoms with Crippen LogP contribution < -0.4 is 5.32 Å². The summed E-state index contributed by atoms with van der Waals surface area (Å²) in [5.74, 6) is -0.215. The van der Waals surface area contributed by atoms with E-state index >= 15 is 0 Å². The number of aromatic nitrogens is 1. The van der Waals surface area contributed by atoms with E-state index in [0.29, 0.717) is 16.3 Å². The Kier molecular flexibility index (Phi) is 6.78. The topological polar surface area (TPSA) is 59.1 Å².